The molecule has 1 atom stereocenters. The number of rotatable bonds is 9. The Labute approximate surface area is 227 Å². The van der Waals surface area contributed by atoms with Crippen LogP contribution in [0.25, 0.3) is 5.69 Å². The van der Waals surface area contributed by atoms with E-state index in [4.69, 9.17) is 9.47 Å². The normalized spacial score (nSPS) is 14.5. The van der Waals surface area contributed by atoms with Gasteiger partial charge in [-0.05, 0) is 52.7 Å². The van der Waals surface area contributed by atoms with Crippen molar-refractivity contribution in [2.45, 2.75) is 58.6 Å². The van der Waals surface area contributed by atoms with Gasteiger partial charge in [0.25, 0.3) is 11.5 Å². The summed E-state index contributed by atoms with van der Waals surface area (Å²) in [4.78, 5) is 66.4. The number of H-pyrrole nitrogens is 1. The minimum atomic E-state index is -0.947. The number of carbonyl (C=O) groups is 4. The van der Waals surface area contributed by atoms with Gasteiger partial charge in [0.1, 0.15) is 17.3 Å². The summed E-state index contributed by atoms with van der Waals surface area (Å²) in [5.74, 6) is -1.35. The molecule has 0 bridgehead atoms. The van der Waals surface area contributed by atoms with Gasteiger partial charge in [-0.25, -0.2) is 9.48 Å². The third-order valence-electron chi connectivity index (χ3n) is 5.99. The first-order valence-electron chi connectivity index (χ1n) is 13.1. The summed E-state index contributed by atoms with van der Waals surface area (Å²) in [5, 5.41) is 5.51. The van der Waals surface area contributed by atoms with E-state index in [0.717, 1.165) is 0 Å². The van der Waals surface area contributed by atoms with Gasteiger partial charge in [-0.3, -0.25) is 24.3 Å². The molecule has 12 nitrogen and oxygen atoms in total. The highest BCUT2D eigenvalue weighted by atomic mass is 16.6. The summed E-state index contributed by atoms with van der Waals surface area (Å²) >= 11 is 0. The molecule has 2 aromatic rings. The Hall–Kier alpha value is -4.09. The fourth-order valence-electron chi connectivity index (χ4n) is 4.16. The number of amides is 3. The molecule has 1 aliphatic rings. The van der Waals surface area contributed by atoms with Crippen LogP contribution in [0.4, 0.5) is 4.79 Å². The first-order chi connectivity index (χ1) is 18.5. The van der Waals surface area contributed by atoms with E-state index in [9.17, 15) is 24.0 Å². The van der Waals surface area contributed by atoms with Crippen molar-refractivity contribution in [2.75, 3.05) is 32.8 Å². The maximum absolute atomic E-state index is 13.4. The van der Waals surface area contributed by atoms with E-state index in [-0.39, 0.29) is 44.1 Å². The topological polar surface area (TPSA) is 143 Å². The Morgan fingerprint density at radius 1 is 1.03 bits per heavy atom. The van der Waals surface area contributed by atoms with Crippen molar-refractivity contribution in [1.82, 2.24) is 24.9 Å². The quantitative estimate of drug-likeness (QED) is 0.461. The molecule has 1 unspecified atom stereocenters. The second-order valence-corrected chi connectivity index (χ2v) is 10.2. The number of esters is 1. The van der Waals surface area contributed by atoms with E-state index in [1.807, 2.05) is 6.07 Å². The lowest BCUT2D eigenvalue weighted by Crippen LogP contribution is -2.56. The fourth-order valence-corrected chi connectivity index (χ4v) is 4.16. The van der Waals surface area contributed by atoms with Crippen LogP contribution in [0.3, 0.4) is 0 Å². The van der Waals surface area contributed by atoms with Crippen molar-refractivity contribution in [3.8, 4) is 5.69 Å². The van der Waals surface area contributed by atoms with E-state index >= 15 is 0 Å². The highest BCUT2D eigenvalue weighted by molar-refractivity contribution is 5.96. The number of nitrogens with zero attached hydrogens (tertiary/aromatic N) is 3. The maximum atomic E-state index is 13.4. The van der Waals surface area contributed by atoms with Gasteiger partial charge in [-0.15, -0.1) is 0 Å². The second kappa shape index (κ2) is 13.1. The molecule has 0 aliphatic carbocycles. The maximum Gasteiger partial charge on any atom is 0.409 e. The second-order valence-electron chi connectivity index (χ2n) is 10.2. The van der Waals surface area contributed by atoms with Gasteiger partial charge >= 0.3 is 12.1 Å². The monoisotopic (exact) mass is 543 g/mol. The van der Waals surface area contributed by atoms with E-state index in [1.165, 1.54) is 15.6 Å². The lowest BCUT2D eigenvalue weighted by Gasteiger charge is -2.36. The van der Waals surface area contributed by atoms with Crippen molar-refractivity contribution in [1.29, 1.82) is 0 Å². The van der Waals surface area contributed by atoms with Crippen molar-refractivity contribution in [3.63, 3.8) is 0 Å². The molecule has 3 rings (SSSR count). The Morgan fingerprint density at radius 3 is 2.28 bits per heavy atom. The molecule has 2 N–H and O–H groups in total. The summed E-state index contributed by atoms with van der Waals surface area (Å²) in [5.41, 5.74) is -0.488. The van der Waals surface area contributed by atoms with E-state index in [2.05, 4.69) is 10.4 Å². The van der Waals surface area contributed by atoms with E-state index in [1.54, 1.807) is 56.9 Å². The van der Waals surface area contributed by atoms with Crippen molar-refractivity contribution in [2.24, 2.45) is 0 Å². The van der Waals surface area contributed by atoms with Crippen LogP contribution in [0, 0.1) is 0 Å². The number of piperazine rings is 1. The summed E-state index contributed by atoms with van der Waals surface area (Å²) in [6.07, 6.45) is 0.134. The third kappa shape index (κ3) is 8.45. The molecule has 2 heterocycles. The number of nitrogens with one attached hydrogen (secondary N) is 2. The van der Waals surface area contributed by atoms with Gasteiger partial charge in [-0.1, -0.05) is 18.2 Å². The van der Waals surface area contributed by atoms with Crippen LogP contribution in [0.15, 0.2) is 41.2 Å². The third-order valence-corrected chi connectivity index (χ3v) is 5.99. The Bertz CT molecular complexity index is 1210. The molecule has 0 spiro atoms. The largest absolute Gasteiger partial charge is 0.460 e. The van der Waals surface area contributed by atoms with Crippen LogP contribution >= 0.6 is 0 Å². The highest BCUT2D eigenvalue weighted by Crippen LogP contribution is 2.14. The smallest absolute Gasteiger partial charge is 0.409 e. The van der Waals surface area contributed by atoms with Crippen LogP contribution in [-0.4, -0.2) is 87.9 Å². The number of benzene rings is 1. The molecule has 1 aromatic heterocycles. The van der Waals surface area contributed by atoms with Crippen LogP contribution in [0.2, 0.25) is 0 Å². The van der Waals surface area contributed by atoms with Crippen LogP contribution < -0.4 is 10.9 Å². The molecule has 1 fully saturated rings. The molecular weight excluding hydrogens is 506 g/mol. The molecule has 3 amide bonds. The molecule has 0 saturated carbocycles. The number of aromatic nitrogens is 2. The number of carbonyl (C=O) groups excluding carboxylic acids is 4. The molecule has 1 aliphatic heterocycles. The predicted octanol–water partition coefficient (Wildman–Crippen LogP) is 2.08. The summed E-state index contributed by atoms with van der Waals surface area (Å²) < 4.78 is 11.6. The first-order valence-corrected chi connectivity index (χ1v) is 13.1. The average molecular weight is 544 g/mol. The average Bonchev–Trinajstić information content (AvgIpc) is 3.29. The Balaban J connectivity index is 1.70. The standard InChI is InChI=1S/C27H37N5O7/c1-5-38-26(37)31-16-14-30(15-17-31)25(36)20(12-9-13-23(34)39-27(2,3)4)28-24(35)21-18-22(33)32(29-21)19-10-7-6-8-11-19/h6-8,10-11,18,20,29H,5,9,12-17H2,1-4H3,(H,28,35). The van der Waals surface area contributed by atoms with E-state index < -0.39 is 35.2 Å². The SMILES string of the molecule is CCOC(=O)N1CCN(C(=O)C(CCCC(=O)OC(C)(C)C)NC(=O)c2cc(=O)n(-c3ccccc3)[nH]2)CC1. The van der Waals surface area contributed by atoms with E-state index in [0.29, 0.717) is 25.2 Å². The zero-order valence-corrected chi connectivity index (χ0v) is 22.9. The van der Waals surface area contributed by atoms with Crippen molar-refractivity contribution >= 4 is 23.9 Å². The Kier molecular flexibility index (Phi) is 9.91. The van der Waals surface area contributed by atoms with Gasteiger partial charge in [-0.2, -0.15) is 0 Å². The molecule has 0 radical (unpaired) electrons. The number of aromatic amines is 1. The highest BCUT2D eigenvalue weighted by Gasteiger charge is 2.31. The van der Waals surface area contributed by atoms with Crippen molar-refractivity contribution < 1.29 is 28.7 Å². The predicted molar refractivity (Wildman–Crippen MR) is 143 cm³/mol. The molecule has 39 heavy (non-hydrogen) atoms. The first kappa shape index (κ1) is 29.5. The van der Waals surface area contributed by atoms with Gasteiger partial charge in [0.15, 0.2) is 0 Å². The molecule has 212 valence electrons. The van der Waals surface area contributed by atoms with Gasteiger partial charge < -0.3 is 24.6 Å². The van der Waals surface area contributed by atoms with Gasteiger partial charge in [0.2, 0.25) is 5.91 Å². The van der Waals surface area contributed by atoms with Gasteiger partial charge in [0, 0.05) is 38.7 Å². The molecule has 1 saturated heterocycles. The Morgan fingerprint density at radius 2 is 1.67 bits per heavy atom. The fraction of sp³-hybridized carbons (Fsp3) is 0.519. The van der Waals surface area contributed by atoms with Gasteiger partial charge in [0.05, 0.1) is 12.3 Å². The van der Waals surface area contributed by atoms with Crippen LogP contribution in [-0.2, 0) is 19.1 Å². The van der Waals surface area contributed by atoms with Crippen molar-refractivity contribution in [3.05, 3.63) is 52.4 Å². The summed E-state index contributed by atoms with van der Waals surface area (Å²) in [7, 11) is 0. The summed E-state index contributed by atoms with van der Waals surface area (Å²) in [6.45, 7) is 8.46. The molecule has 12 heteroatoms. The number of hydrogen-bond donors (Lipinski definition) is 2. The minimum Gasteiger partial charge on any atom is -0.460 e. The molecular formula is C27H37N5O7. The molecule has 1 aromatic carbocycles. The number of hydrogen-bond acceptors (Lipinski definition) is 7. The lowest BCUT2D eigenvalue weighted by molar-refractivity contribution is -0.155. The minimum absolute atomic E-state index is 0.000857. The van der Waals surface area contributed by atoms with Crippen LogP contribution in [0.1, 0.15) is 57.4 Å². The summed E-state index contributed by atoms with van der Waals surface area (Å²) in [6, 6.07) is 9.01. The number of para-hydroxylation sites is 1. The zero-order valence-electron chi connectivity index (χ0n) is 22.9. The zero-order chi connectivity index (χ0) is 28.6. The number of ether oxygens (including phenoxy) is 2. The lowest BCUT2D eigenvalue weighted by atomic mass is 10.1. The van der Waals surface area contributed by atoms with Crippen LogP contribution in [0.5, 0.6) is 0 Å².